The molecule has 2 aromatic rings. The Bertz CT molecular complexity index is 1130. The molecular weight excluding hydrogens is 454 g/mol. The summed E-state index contributed by atoms with van der Waals surface area (Å²) in [6, 6.07) is 8.24. The van der Waals surface area contributed by atoms with Gasteiger partial charge in [0.2, 0.25) is 10.0 Å². The number of phenols is 1. The SMILES string of the molecule is C=CCc1cc(/C=N\NC(=O)[C@H]2CCCN2S(=O)(=O)c2ccc(Cl)cc2)cc(OC)c1O. The third kappa shape index (κ3) is 5.12. The highest BCUT2D eigenvalue weighted by Crippen LogP contribution is 2.31. The van der Waals surface area contributed by atoms with E-state index in [2.05, 4.69) is 17.1 Å². The average molecular weight is 478 g/mol. The summed E-state index contributed by atoms with van der Waals surface area (Å²) in [5, 5.41) is 14.6. The Balaban J connectivity index is 1.74. The highest BCUT2D eigenvalue weighted by molar-refractivity contribution is 7.89. The summed E-state index contributed by atoms with van der Waals surface area (Å²) in [4.78, 5) is 12.8. The maximum atomic E-state index is 13.0. The molecule has 10 heteroatoms. The predicted octanol–water partition coefficient (Wildman–Crippen LogP) is 3.09. The molecule has 0 spiro atoms. The number of rotatable bonds is 8. The van der Waals surface area contributed by atoms with Crippen LogP contribution in [-0.2, 0) is 21.2 Å². The second-order valence-electron chi connectivity index (χ2n) is 7.19. The van der Waals surface area contributed by atoms with E-state index in [0.29, 0.717) is 35.4 Å². The molecule has 0 aromatic heterocycles. The summed E-state index contributed by atoms with van der Waals surface area (Å²) in [5.74, 6) is -0.232. The van der Waals surface area contributed by atoms with Crippen molar-refractivity contribution in [3.8, 4) is 11.5 Å². The Hall–Kier alpha value is -2.88. The number of ether oxygens (including phenoxy) is 1. The van der Waals surface area contributed by atoms with Gasteiger partial charge in [-0.2, -0.15) is 9.41 Å². The molecule has 1 aliphatic heterocycles. The van der Waals surface area contributed by atoms with Crippen LogP contribution < -0.4 is 10.2 Å². The van der Waals surface area contributed by atoms with Gasteiger partial charge in [-0.1, -0.05) is 17.7 Å². The normalized spacial score (nSPS) is 16.9. The molecule has 2 N–H and O–H groups in total. The van der Waals surface area contributed by atoms with Gasteiger partial charge in [-0.05, 0) is 61.2 Å². The van der Waals surface area contributed by atoms with Gasteiger partial charge < -0.3 is 9.84 Å². The van der Waals surface area contributed by atoms with E-state index in [1.807, 2.05) is 0 Å². The molecule has 1 amide bonds. The van der Waals surface area contributed by atoms with Gasteiger partial charge in [0, 0.05) is 17.1 Å². The Morgan fingerprint density at radius 2 is 2.09 bits per heavy atom. The highest BCUT2D eigenvalue weighted by atomic mass is 35.5. The van der Waals surface area contributed by atoms with Gasteiger partial charge in [-0.15, -0.1) is 6.58 Å². The zero-order valence-electron chi connectivity index (χ0n) is 17.5. The minimum Gasteiger partial charge on any atom is -0.504 e. The van der Waals surface area contributed by atoms with Crippen molar-refractivity contribution < 1.29 is 23.1 Å². The molecule has 0 bridgehead atoms. The molecule has 32 heavy (non-hydrogen) atoms. The molecule has 1 atom stereocenters. The first-order valence-electron chi connectivity index (χ1n) is 9.89. The number of methoxy groups -OCH3 is 1. The molecule has 1 fully saturated rings. The summed E-state index contributed by atoms with van der Waals surface area (Å²) < 4.78 is 32.3. The number of phenolic OH excluding ortho intramolecular Hbond substituents is 1. The number of aromatic hydroxyl groups is 1. The molecule has 170 valence electrons. The minimum absolute atomic E-state index is 0.0163. The zero-order chi connectivity index (χ0) is 23.3. The number of hydrogen-bond donors (Lipinski definition) is 2. The summed E-state index contributed by atoms with van der Waals surface area (Å²) in [7, 11) is -2.41. The standard InChI is InChI=1S/C22H24ClN3O5S/c1-3-5-16-12-15(13-20(31-2)21(16)27)14-24-25-22(28)19-6-4-11-26(19)32(29,30)18-9-7-17(23)8-10-18/h3,7-10,12-14,19,27H,1,4-6,11H2,2H3,(H,25,28)/b24-14-/t19-/m1/s1. The number of halogens is 1. The summed E-state index contributed by atoms with van der Waals surface area (Å²) in [5.41, 5.74) is 3.61. The number of amides is 1. The van der Waals surface area contributed by atoms with Crippen LogP contribution >= 0.6 is 11.6 Å². The Labute approximate surface area is 192 Å². The van der Waals surface area contributed by atoms with E-state index in [4.69, 9.17) is 16.3 Å². The van der Waals surface area contributed by atoms with Gasteiger partial charge in [0.05, 0.1) is 18.2 Å². The van der Waals surface area contributed by atoms with Gasteiger partial charge in [0.15, 0.2) is 11.5 Å². The first-order valence-corrected chi connectivity index (χ1v) is 11.7. The summed E-state index contributed by atoms with van der Waals surface area (Å²) in [6.45, 7) is 3.90. The average Bonchev–Trinajstić information content (AvgIpc) is 3.27. The monoisotopic (exact) mass is 477 g/mol. The van der Waals surface area contributed by atoms with E-state index in [-0.39, 0.29) is 22.9 Å². The molecular formula is C22H24ClN3O5S. The van der Waals surface area contributed by atoms with E-state index in [1.54, 1.807) is 18.2 Å². The quantitative estimate of drug-likeness (QED) is 0.345. The van der Waals surface area contributed by atoms with Crippen LogP contribution in [0.3, 0.4) is 0 Å². The number of nitrogens with zero attached hydrogens (tertiary/aromatic N) is 2. The number of hydrogen-bond acceptors (Lipinski definition) is 6. The zero-order valence-corrected chi connectivity index (χ0v) is 19.1. The molecule has 0 saturated carbocycles. The van der Waals surface area contributed by atoms with Crippen molar-refractivity contribution in [2.75, 3.05) is 13.7 Å². The molecule has 1 heterocycles. The third-order valence-corrected chi connectivity index (χ3v) is 7.25. The number of nitrogens with one attached hydrogen (secondary N) is 1. The number of sulfonamides is 1. The molecule has 0 radical (unpaired) electrons. The minimum atomic E-state index is -3.84. The second kappa shape index (κ2) is 10.2. The largest absolute Gasteiger partial charge is 0.504 e. The lowest BCUT2D eigenvalue weighted by Crippen LogP contribution is -2.44. The first-order chi connectivity index (χ1) is 15.3. The second-order valence-corrected chi connectivity index (χ2v) is 9.51. The number of hydrazone groups is 1. The Morgan fingerprint density at radius 1 is 1.38 bits per heavy atom. The van der Waals surface area contributed by atoms with Crippen molar-refractivity contribution in [3.05, 3.63) is 65.2 Å². The van der Waals surface area contributed by atoms with Crippen LogP contribution in [0.1, 0.15) is 24.0 Å². The maximum absolute atomic E-state index is 13.0. The molecule has 0 aliphatic carbocycles. The lowest BCUT2D eigenvalue weighted by atomic mass is 10.1. The first kappa shape index (κ1) is 23.8. The maximum Gasteiger partial charge on any atom is 0.258 e. The van der Waals surface area contributed by atoms with Crippen molar-refractivity contribution in [3.63, 3.8) is 0 Å². The third-order valence-electron chi connectivity index (χ3n) is 5.08. The van der Waals surface area contributed by atoms with Gasteiger partial charge in [-0.3, -0.25) is 4.79 Å². The number of carbonyl (C=O) groups is 1. The molecule has 1 aliphatic rings. The van der Waals surface area contributed by atoms with Crippen LogP contribution in [0, 0.1) is 0 Å². The highest BCUT2D eigenvalue weighted by Gasteiger charge is 2.39. The Kier molecular flexibility index (Phi) is 7.55. The van der Waals surface area contributed by atoms with Crippen LogP contribution in [0.25, 0.3) is 0 Å². The van der Waals surface area contributed by atoms with Crippen LogP contribution in [0.4, 0.5) is 0 Å². The van der Waals surface area contributed by atoms with Gasteiger partial charge >= 0.3 is 0 Å². The van der Waals surface area contributed by atoms with E-state index >= 15 is 0 Å². The fourth-order valence-electron chi connectivity index (χ4n) is 3.51. The van der Waals surface area contributed by atoms with Crippen molar-refractivity contribution in [2.45, 2.75) is 30.2 Å². The smallest absolute Gasteiger partial charge is 0.258 e. The van der Waals surface area contributed by atoms with Crippen LogP contribution in [0.5, 0.6) is 11.5 Å². The molecule has 8 nitrogen and oxygen atoms in total. The van der Waals surface area contributed by atoms with Crippen molar-refractivity contribution in [2.24, 2.45) is 5.10 Å². The van der Waals surface area contributed by atoms with Crippen molar-refractivity contribution in [1.29, 1.82) is 0 Å². The lowest BCUT2D eigenvalue weighted by Gasteiger charge is -2.22. The number of allylic oxidation sites excluding steroid dienone is 1. The van der Waals surface area contributed by atoms with Crippen molar-refractivity contribution in [1.82, 2.24) is 9.73 Å². The molecule has 2 aromatic carbocycles. The van der Waals surface area contributed by atoms with Crippen LogP contribution in [-0.4, -0.2) is 49.6 Å². The fourth-order valence-corrected chi connectivity index (χ4v) is 5.29. The molecule has 3 rings (SSSR count). The summed E-state index contributed by atoms with van der Waals surface area (Å²) >= 11 is 5.85. The van der Waals surface area contributed by atoms with E-state index < -0.39 is 22.0 Å². The van der Waals surface area contributed by atoms with Gasteiger partial charge in [0.1, 0.15) is 6.04 Å². The lowest BCUT2D eigenvalue weighted by molar-refractivity contribution is -0.124. The number of benzene rings is 2. The molecule has 1 saturated heterocycles. The van der Waals surface area contributed by atoms with E-state index in [9.17, 15) is 18.3 Å². The predicted molar refractivity (Wildman–Crippen MR) is 123 cm³/mol. The van der Waals surface area contributed by atoms with E-state index in [1.165, 1.54) is 41.9 Å². The number of carbonyl (C=O) groups excluding carboxylic acids is 1. The topological polar surface area (TPSA) is 108 Å². The Morgan fingerprint density at radius 3 is 2.75 bits per heavy atom. The summed E-state index contributed by atoms with van der Waals surface area (Å²) in [6.07, 6.45) is 4.43. The van der Waals surface area contributed by atoms with E-state index in [0.717, 1.165) is 0 Å². The van der Waals surface area contributed by atoms with Gasteiger partial charge in [-0.25, -0.2) is 13.8 Å². The fraction of sp³-hybridized carbons (Fsp3) is 0.273. The molecule has 0 unspecified atom stereocenters. The van der Waals surface area contributed by atoms with Gasteiger partial charge in [0.25, 0.3) is 5.91 Å². The van der Waals surface area contributed by atoms with Crippen LogP contribution in [0.2, 0.25) is 5.02 Å². The van der Waals surface area contributed by atoms with Crippen LogP contribution in [0.15, 0.2) is 59.1 Å². The van der Waals surface area contributed by atoms with Crippen molar-refractivity contribution >= 4 is 33.7 Å².